The molecule has 1 fully saturated rings. The second-order valence-corrected chi connectivity index (χ2v) is 4.84. The largest absolute Gasteiger partial charge is 0.459 e. The molecular formula is C14H18N2O. The number of nitrogens with one attached hydrogen (secondary N) is 1. The lowest BCUT2D eigenvalue weighted by atomic mass is 10.1. The topological polar surface area (TPSA) is 28.4 Å². The molecule has 90 valence electrons. The minimum atomic E-state index is 0.328. The Hall–Kier alpha value is -1.32. The van der Waals surface area contributed by atoms with Crippen molar-refractivity contribution in [2.24, 2.45) is 0 Å². The summed E-state index contributed by atoms with van der Waals surface area (Å²) in [5.74, 6) is 1.06. The van der Waals surface area contributed by atoms with E-state index in [4.69, 9.17) is 4.42 Å². The molecule has 0 spiro atoms. The van der Waals surface area contributed by atoms with E-state index < -0.39 is 0 Å². The molecule has 1 saturated heterocycles. The monoisotopic (exact) mass is 230 g/mol. The summed E-state index contributed by atoms with van der Waals surface area (Å²) >= 11 is 0. The van der Waals surface area contributed by atoms with Gasteiger partial charge in [0.25, 0.3) is 0 Å². The zero-order chi connectivity index (χ0) is 11.8. The highest BCUT2D eigenvalue weighted by Gasteiger charge is 2.27. The van der Waals surface area contributed by atoms with Crippen LogP contribution in [0.15, 0.2) is 34.7 Å². The van der Waals surface area contributed by atoms with Crippen LogP contribution in [0.3, 0.4) is 0 Å². The van der Waals surface area contributed by atoms with Crippen LogP contribution in [0.4, 0.5) is 0 Å². The van der Waals surface area contributed by atoms with E-state index in [-0.39, 0.29) is 0 Å². The molecule has 1 unspecified atom stereocenters. The Morgan fingerprint density at radius 3 is 2.76 bits per heavy atom. The maximum absolute atomic E-state index is 5.91. The van der Waals surface area contributed by atoms with Crippen LogP contribution < -0.4 is 5.32 Å². The van der Waals surface area contributed by atoms with Gasteiger partial charge in [-0.15, -0.1) is 0 Å². The van der Waals surface area contributed by atoms with E-state index >= 15 is 0 Å². The van der Waals surface area contributed by atoms with E-state index in [0.29, 0.717) is 12.1 Å². The molecule has 0 radical (unpaired) electrons. The van der Waals surface area contributed by atoms with Crippen LogP contribution in [0.1, 0.15) is 18.7 Å². The number of hydrogen-bond donors (Lipinski definition) is 1. The molecule has 1 aliphatic heterocycles. The van der Waals surface area contributed by atoms with E-state index in [9.17, 15) is 0 Å². The molecule has 1 aromatic carbocycles. The maximum atomic E-state index is 5.91. The van der Waals surface area contributed by atoms with Crippen LogP contribution >= 0.6 is 0 Å². The third kappa shape index (κ3) is 1.85. The van der Waals surface area contributed by atoms with Gasteiger partial charge in [0.2, 0.25) is 0 Å². The lowest BCUT2D eigenvalue weighted by molar-refractivity contribution is 0.124. The predicted octanol–water partition coefficient (Wildman–Crippen LogP) is 2.40. The second-order valence-electron chi connectivity index (χ2n) is 4.84. The average molecular weight is 230 g/mol. The van der Waals surface area contributed by atoms with Gasteiger partial charge in [-0.3, -0.25) is 4.90 Å². The molecule has 17 heavy (non-hydrogen) atoms. The van der Waals surface area contributed by atoms with E-state index in [1.165, 1.54) is 5.39 Å². The van der Waals surface area contributed by atoms with Crippen LogP contribution in [0, 0.1) is 0 Å². The van der Waals surface area contributed by atoms with Gasteiger partial charge in [0, 0.05) is 24.5 Å². The normalized spacial score (nSPS) is 18.5. The number of hydrogen-bond acceptors (Lipinski definition) is 3. The first kappa shape index (κ1) is 10.8. The lowest BCUT2D eigenvalue weighted by Crippen LogP contribution is -2.56. The Morgan fingerprint density at radius 2 is 2.12 bits per heavy atom. The Labute approximate surface area is 101 Å². The molecular weight excluding hydrogens is 212 g/mol. The zero-order valence-electron chi connectivity index (χ0n) is 10.3. The molecule has 1 aromatic heterocycles. The fraction of sp³-hybridized carbons (Fsp3) is 0.429. The molecule has 1 atom stereocenters. The molecule has 0 saturated carbocycles. The number of likely N-dealkylation sites (N-methyl/N-ethyl adjacent to an activating group) is 1. The quantitative estimate of drug-likeness (QED) is 0.877. The van der Waals surface area contributed by atoms with Crippen molar-refractivity contribution in [2.75, 3.05) is 20.1 Å². The fourth-order valence-corrected chi connectivity index (χ4v) is 2.29. The number of para-hydroxylation sites is 1. The molecule has 1 N–H and O–H groups in total. The van der Waals surface area contributed by atoms with Crippen molar-refractivity contribution in [3.05, 3.63) is 36.1 Å². The van der Waals surface area contributed by atoms with Crippen molar-refractivity contribution in [2.45, 2.75) is 19.0 Å². The summed E-state index contributed by atoms with van der Waals surface area (Å²) in [6, 6.07) is 11.3. The molecule has 0 amide bonds. The minimum Gasteiger partial charge on any atom is -0.459 e. The average Bonchev–Trinajstić information content (AvgIpc) is 2.68. The standard InChI is InChI=1S/C14H18N2O/c1-10(16(2)12-8-15-9-12)14-7-11-5-3-4-6-13(11)17-14/h3-7,10,12,15H,8-9H2,1-2H3. The summed E-state index contributed by atoms with van der Waals surface area (Å²) in [7, 11) is 2.17. The summed E-state index contributed by atoms with van der Waals surface area (Å²) in [6.07, 6.45) is 0. The number of fused-ring (bicyclic) bond motifs is 1. The first-order valence-corrected chi connectivity index (χ1v) is 6.17. The van der Waals surface area contributed by atoms with Gasteiger partial charge >= 0.3 is 0 Å². The molecule has 1 aliphatic rings. The molecule has 0 aliphatic carbocycles. The number of furan rings is 1. The summed E-state index contributed by atoms with van der Waals surface area (Å²) in [5.41, 5.74) is 0.981. The number of benzene rings is 1. The van der Waals surface area contributed by atoms with Gasteiger partial charge in [-0.1, -0.05) is 18.2 Å². The highest BCUT2D eigenvalue weighted by atomic mass is 16.3. The summed E-state index contributed by atoms with van der Waals surface area (Å²) in [5, 5.41) is 4.49. The Bertz CT molecular complexity index is 483. The van der Waals surface area contributed by atoms with Crippen molar-refractivity contribution in [3.8, 4) is 0 Å². The van der Waals surface area contributed by atoms with Gasteiger partial charge in [0.15, 0.2) is 0 Å². The minimum absolute atomic E-state index is 0.328. The summed E-state index contributed by atoms with van der Waals surface area (Å²) in [6.45, 7) is 4.37. The molecule has 0 bridgehead atoms. The molecule has 2 aromatic rings. The van der Waals surface area contributed by atoms with E-state index in [2.05, 4.69) is 36.3 Å². The Balaban J connectivity index is 1.86. The van der Waals surface area contributed by atoms with Gasteiger partial charge in [-0.25, -0.2) is 0 Å². The summed E-state index contributed by atoms with van der Waals surface area (Å²) in [4.78, 5) is 2.38. The predicted molar refractivity (Wildman–Crippen MR) is 69.0 cm³/mol. The fourth-order valence-electron chi connectivity index (χ4n) is 2.29. The smallest absolute Gasteiger partial charge is 0.134 e. The molecule has 3 nitrogen and oxygen atoms in total. The third-order valence-corrected chi connectivity index (χ3v) is 3.80. The van der Waals surface area contributed by atoms with Gasteiger partial charge in [-0.2, -0.15) is 0 Å². The van der Waals surface area contributed by atoms with E-state index in [1.54, 1.807) is 0 Å². The van der Waals surface area contributed by atoms with Crippen LogP contribution in [-0.4, -0.2) is 31.1 Å². The maximum Gasteiger partial charge on any atom is 0.134 e. The Morgan fingerprint density at radius 1 is 1.35 bits per heavy atom. The second kappa shape index (κ2) is 4.17. The Kier molecular flexibility index (Phi) is 2.65. The van der Waals surface area contributed by atoms with Gasteiger partial charge in [0.05, 0.1) is 6.04 Å². The van der Waals surface area contributed by atoms with Crippen LogP contribution in [0.25, 0.3) is 11.0 Å². The zero-order valence-corrected chi connectivity index (χ0v) is 10.3. The number of rotatable bonds is 3. The summed E-state index contributed by atoms with van der Waals surface area (Å²) < 4.78 is 5.91. The SMILES string of the molecule is CC(c1cc2ccccc2o1)N(C)C1CNC1. The van der Waals surface area contributed by atoms with Gasteiger partial charge < -0.3 is 9.73 Å². The number of nitrogens with zero attached hydrogens (tertiary/aromatic N) is 1. The van der Waals surface area contributed by atoms with E-state index in [0.717, 1.165) is 24.4 Å². The van der Waals surface area contributed by atoms with Crippen molar-refractivity contribution < 1.29 is 4.42 Å². The van der Waals surface area contributed by atoms with Crippen molar-refractivity contribution in [3.63, 3.8) is 0 Å². The van der Waals surface area contributed by atoms with Crippen LogP contribution in [0.5, 0.6) is 0 Å². The van der Waals surface area contributed by atoms with Crippen LogP contribution in [0.2, 0.25) is 0 Å². The lowest BCUT2D eigenvalue weighted by Gasteiger charge is -2.38. The molecule has 2 heterocycles. The molecule has 3 rings (SSSR count). The van der Waals surface area contributed by atoms with Gasteiger partial charge in [-0.05, 0) is 26.1 Å². The third-order valence-electron chi connectivity index (χ3n) is 3.80. The molecule has 3 heteroatoms. The first-order chi connectivity index (χ1) is 8.25. The highest BCUT2D eigenvalue weighted by Crippen LogP contribution is 2.28. The van der Waals surface area contributed by atoms with E-state index in [1.807, 2.05) is 18.2 Å². The van der Waals surface area contributed by atoms with Crippen molar-refractivity contribution in [1.29, 1.82) is 0 Å². The highest BCUT2D eigenvalue weighted by molar-refractivity contribution is 5.77. The van der Waals surface area contributed by atoms with Crippen LogP contribution in [-0.2, 0) is 0 Å². The first-order valence-electron chi connectivity index (χ1n) is 6.17. The van der Waals surface area contributed by atoms with Gasteiger partial charge in [0.1, 0.15) is 11.3 Å². The van der Waals surface area contributed by atoms with Crippen molar-refractivity contribution >= 4 is 11.0 Å². The van der Waals surface area contributed by atoms with Crippen molar-refractivity contribution in [1.82, 2.24) is 10.2 Å².